The lowest BCUT2D eigenvalue weighted by Gasteiger charge is -2.40. The van der Waals surface area contributed by atoms with E-state index in [0.717, 1.165) is 32.1 Å². The van der Waals surface area contributed by atoms with Gasteiger partial charge in [0.2, 0.25) is 5.91 Å². The second-order valence-corrected chi connectivity index (χ2v) is 14.8. The van der Waals surface area contributed by atoms with E-state index >= 15 is 0 Å². The Morgan fingerprint density at radius 1 is 0.667 bits per heavy atom. The minimum Gasteiger partial charge on any atom is -0.394 e. The fourth-order valence-electron chi connectivity index (χ4n) is 6.62. The number of amides is 1. The molecule has 0 aromatic rings. The summed E-state index contributed by atoms with van der Waals surface area (Å²) in [6.07, 6.45) is 31.0. The van der Waals surface area contributed by atoms with Crippen LogP contribution >= 0.6 is 0 Å². The van der Waals surface area contributed by atoms with Gasteiger partial charge in [0.15, 0.2) is 6.29 Å². The van der Waals surface area contributed by atoms with E-state index < -0.39 is 49.5 Å². The number of rotatable bonds is 34. The predicted molar refractivity (Wildman–Crippen MR) is 207 cm³/mol. The standard InChI is InChI=1S/C42H79NO8/c1-3-5-7-9-11-13-14-15-16-17-18-19-20-21-22-24-26-28-30-32-38(46)43-35(36(45)31-29-27-25-23-12-10-8-6-4-2)34-50-42-41(49)40(48)39(47)37(33-44)51-42/h25,27,29,31,35-37,39-42,44-45,47-49H,3-24,26,28,30,32-34H2,1-2H3,(H,43,46)/b27-25+,31-29+/t35-,36+,37-,39-,40?,41?,42-/m0/s1. The molecule has 1 saturated heterocycles. The molecule has 1 aliphatic heterocycles. The first-order valence-electron chi connectivity index (χ1n) is 21.1. The van der Waals surface area contributed by atoms with Gasteiger partial charge in [-0.2, -0.15) is 0 Å². The quantitative estimate of drug-likeness (QED) is 0.0289. The highest BCUT2D eigenvalue weighted by Crippen LogP contribution is 2.22. The summed E-state index contributed by atoms with van der Waals surface area (Å²) in [6, 6.07) is -0.830. The van der Waals surface area contributed by atoms with Gasteiger partial charge in [0.1, 0.15) is 24.4 Å². The molecular weight excluding hydrogens is 646 g/mol. The molecule has 1 heterocycles. The van der Waals surface area contributed by atoms with E-state index in [1.165, 1.54) is 128 Å². The maximum Gasteiger partial charge on any atom is 0.220 e. The summed E-state index contributed by atoms with van der Waals surface area (Å²) >= 11 is 0. The molecule has 0 radical (unpaired) electrons. The summed E-state index contributed by atoms with van der Waals surface area (Å²) in [5, 5.41) is 53.8. The van der Waals surface area contributed by atoms with Gasteiger partial charge in [-0.05, 0) is 19.3 Å². The van der Waals surface area contributed by atoms with Crippen LogP contribution in [0.15, 0.2) is 24.3 Å². The number of nitrogens with one attached hydrogen (secondary N) is 1. The Kier molecular flexibility index (Phi) is 31.1. The molecule has 2 unspecified atom stereocenters. The molecule has 9 heteroatoms. The van der Waals surface area contributed by atoms with Crippen LogP contribution in [0.2, 0.25) is 0 Å². The second kappa shape index (κ2) is 33.3. The summed E-state index contributed by atoms with van der Waals surface area (Å²) in [7, 11) is 0. The number of aliphatic hydroxyl groups excluding tert-OH is 5. The molecule has 1 aliphatic rings. The summed E-state index contributed by atoms with van der Waals surface area (Å²) in [5.41, 5.74) is 0. The average molecular weight is 726 g/mol. The van der Waals surface area contributed by atoms with Crippen molar-refractivity contribution in [2.24, 2.45) is 0 Å². The van der Waals surface area contributed by atoms with Crippen LogP contribution < -0.4 is 5.32 Å². The monoisotopic (exact) mass is 726 g/mol. The molecule has 6 N–H and O–H groups in total. The van der Waals surface area contributed by atoms with Gasteiger partial charge in [0, 0.05) is 6.42 Å². The van der Waals surface area contributed by atoms with Crippen molar-refractivity contribution in [3.05, 3.63) is 24.3 Å². The van der Waals surface area contributed by atoms with Gasteiger partial charge in [-0.3, -0.25) is 4.79 Å². The highest BCUT2D eigenvalue weighted by atomic mass is 16.7. The van der Waals surface area contributed by atoms with E-state index in [1.54, 1.807) is 12.2 Å². The number of ether oxygens (including phenoxy) is 2. The number of allylic oxidation sites excluding steroid dienone is 3. The van der Waals surface area contributed by atoms with Crippen LogP contribution in [0.3, 0.4) is 0 Å². The third-order valence-corrected chi connectivity index (χ3v) is 10.1. The first kappa shape index (κ1) is 47.7. The highest BCUT2D eigenvalue weighted by Gasteiger charge is 2.44. The van der Waals surface area contributed by atoms with Gasteiger partial charge in [0.05, 0.1) is 25.4 Å². The smallest absolute Gasteiger partial charge is 0.220 e. The van der Waals surface area contributed by atoms with Crippen molar-refractivity contribution < 1.29 is 39.8 Å². The zero-order chi connectivity index (χ0) is 37.4. The lowest BCUT2D eigenvalue weighted by Crippen LogP contribution is -2.60. The highest BCUT2D eigenvalue weighted by molar-refractivity contribution is 5.76. The molecule has 7 atom stereocenters. The normalized spacial score (nSPS) is 22.2. The molecule has 0 spiro atoms. The average Bonchev–Trinajstić information content (AvgIpc) is 3.13. The summed E-state index contributed by atoms with van der Waals surface area (Å²) in [4.78, 5) is 12.9. The van der Waals surface area contributed by atoms with Gasteiger partial charge >= 0.3 is 0 Å². The molecule has 0 aromatic heterocycles. The molecule has 0 bridgehead atoms. The number of carbonyl (C=O) groups is 1. The Morgan fingerprint density at radius 2 is 1.14 bits per heavy atom. The van der Waals surface area contributed by atoms with Crippen LogP contribution in [0.5, 0.6) is 0 Å². The predicted octanol–water partition coefficient (Wildman–Crippen LogP) is 7.94. The Hall–Kier alpha value is -1.33. The maximum absolute atomic E-state index is 12.9. The number of hydrogen-bond acceptors (Lipinski definition) is 8. The molecule has 0 aliphatic carbocycles. The van der Waals surface area contributed by atoms with Crippen LogP contribution in [-0.2, 0) is 14.3 Å². The third-order valence-electron chi connectivity index (χ3n) is 10.1. The lowest BCUT2D eigenvalue weighted by atomic mass is 9.99. The molecule has 1 rings (SSSR count). The van der Waals surface area contributed by atoms with E-state index in [0.29, 0.717) is 6.42 Å². The van der Waals surface area contributed by atoms with Crippen LogP contribution in [0.4, 0.5) is 0 Å². The van der Waals surface area contributed by atoms with Crippen molar-refractivity contribution in [2.45, 2.75) is 224 Å². The van der Waals surface area contributed by atoms with Crippen LogP contribution in [-0.4, -0.2) is 87.5 Å². The minimum atomic E-state index is -1.57. The molecule has 0 saturated carbocycles. The third kappa shape index (κ3) is 24.6. The Balaban J connectivity index is 2.33. The van der Waals surface area contributed by atoms with Gasteiger partial charge in [0.25, 0.3) is 0 Å². The first-order valence-corrected chi connectivity index (χ1v) is 21.1. The van der Waals surface area contributed by atoms with Crippen LogP contribution in [0.1, 0.15) is 181 Å². The zero-order valence-corrected chi connectivity index (χ0v) is 32.6. The number of unbranched alkanes of at least 4 members (excludes halogenated alkanes) is 23. The van der Waals surface area contributed by atoms with E-state index in [4.69, 9.17) is 9.47 Å². The molecule has 1 amide bonds. The van der Waals surface area contributed by atoms with Crippen LogP contribution in [0.25, 0.3) is 0 Å². The largest absolute Gasteiger partial charge is 0.394 e. The van der Waals surface area contributed by atoms with E-state index in [9.17, 15) is 30.3 Å². The molecule has 1 fully saturated rings. The zero-order valence-electron chi connectivity index (χ0n) is 32.6. The van der Waals surface area contributed by atoms with Crippen molar-refractivity contribution >= 4 is 5.91 Å². The first-order chi connectivity index (χ1) is 24.8. The van der Waals surface area contributed by atoms with Gasteiger partial charge in [-0.15, -0.1) is 0 Å². The van der Waals surface area contributed by atoms with Crippen molar-refractivity contribution in [3.8, 4) is 0 Å². The topological polar surface area (TPSA) is 149 Å². The van der Waals surface area contributed by atoms with Gasteiger partial charge in [-0.25, -0.2) is 0 Å². The number of carbonyl (C=O) groups excluding carboxylic acids is 1. The van der Waals surface area contributed by atoms with Crippen molar-refractivity contribution in [2.75, 3.05) is 13.2 Å². The van der Waals surface area contributed by atoms with Crippen LogP contribution in [0, 0.1) is 0 Å². The minimum absolute atomic E-state index is 0.195. The molecular formula is C42H79NO8. The van der Waals surface area contributed by atoms with E-state index in [-0.39, 0.29) is 12.5 Å². The second-order valence-electron chi connectivity index (χ2n) is 14.8. The Morgan fingerprint density at radius 3 is 1.63 bits per heavy atom. The number of hydrogen-bond donors (Lipinski definition) is 6. The van der Waals surface area contributed by atoms with E-state index in [1.807, 2.05) is 6.08 Å². The van der Waals surface area contributed by atoms with E-state index in [2.05, 4.69) is 25.2 Å². The molecule has 9 nitrogen and oxygen atoms in total. The number of aliphatic hydroxyl groups is 5. The van der Waals surface area contributed by atoms with Crippen molar-refractivity contribution in [3.63, 3.8) is 0 Å². The summed E-state index contributed by atoms with van der Waals surface area (Å²) in [5.74, 6) is -0.195. The molecule has 0 aromatic carbocycles. The van der Waals surface area contributed by atoms with Crippen molar-refractivity contribution in [1.29, 1.82) is 0 Å². The molecule has 51 heavy (non-hydrogen) atoms. The lowest BCUT2D eigenvalue weighted by molar-refractivity contribution is -0.302. The molecule has 300 valence electrons. The van der Waals surface area contributed by atoms with Crippen molar-refractivity contribution in [1.82, 2.24) is 5.32 Å². The maximum atomic E-state index is 12.9. The summed E-state index contributed by atoms with van der Waals surface area (Å²) in [6.45, 7) is 3.69. The SMILES string of the molecule is CCCCCCC/C=C/C=C/[C@@H](O)[C@H](CO[C@H]1O[C@@H](CO)[C@H](O)C(O)C1O)NC(=O)CCCCCCCCCCCCCCCCCCCCC. The Bertz CT molecular complexity index is 853. The van der Waals surface area contributed by atoms with Gasteiger partial charge in [-0.1, -0.05) is 179 Å². The summed E-state index contributed by atoms with van der Waals surface area (Å²) < 4.78 is 11.1. The fourth-order valence-corrected chi connectivity index (χ4v) is 6.62. The van der Waals surface area contributed by atoms with Gasteiger partial charge < -0.3 is 40.3 Å². The fraction of sp³-hybridized carbons (Fsp3) is 0.881. The Labute approximate surface area is 311 Å².